The third-order valence-electron chi connectivity index (χ3n) is 4.66. The highest BCUT2D eigenvalue weighted by atomic mass is 35.5. The summed E-state index contributed by atoms with van der Waals surface area (Å²) in [6.45, 7) is 4.88. The normalized spacial score (nSPS) is 20.3. The van der Waals surface area contributed by atoms with E-state index >= 15 is 0 Å². The Labute approximate surface area is 168 Å². The van der Waals surface area contributed by atoms with E-state index in [0.717, 1.165) is 37.6 Å². The highest BCUT2D eigenvalue weighted by molar-refractivity contribution is 5.85. The fraction of sp³-hybridized carbons (Fsp3) is 0.667. The molecule has 0 aromatic carbocycles. The molecule has 1 aromatic rings. The summed E-state index contributed by atoms with van der Waals surface area (Å²) in [5, 5.41) is 6.26. The zero-order chi connectivity index (χ0) is 16.6. The predicted molar refractivity (Wildman–Crippen MR) is 108 cm³/mol. The van der Waals surface area contributed by atoms with E-state index in [-0.39, 0.29) is 36.8 Å². The third kappa shape index (κ3) is 7.27. The molecule has 2 aliphatic rings. The molecule has 1 amide bonds. The van der Waals surface area contributed by atoms with Crippen LogP contribution in [0.3, 0.4) is 0 Å². The second-order valence-electron chi connectivity index (χ2n) is 6.63. The van der Waals surface area contributed by atoms with E-state index in [9.17, 15) is 4.79 Å². The van der Waals surface area contributed by atoms with Gasteiger partial charge in [-0.05, 0) is 24.5 Å². The van der Waals surface area contributed by atoms with E-state index in [4.69, 9.17) is 4.74 Å². The SMILES string of the molecule is Cl.Cl.O=C(CC1COCCN1)NCc1ccc(N2CCCCCC2)nc1. The number of rotatable bonds is 5. The number of halogens is 2. The Hall–Kier alpha value is -1.08. The van der Waals surface area contributed by atoms with Crippen LogP contribution in [0.15, 0.2) is 18.3 Å². The molecule has 0 spiro atoms. The van der Waals surface area contributed by atoms with Crippen molar-refractivity contribution in [2.45, 2.75) is 44.7 Å². The van der Waals surface area contributed by atoms with Gasteiger partial charge in [0.2, 0.25) is 5.91 Å². The van der Waals surface area contributed by atoms with E-state index in [2.05, 4.69) is 32.7 Å². The standard InChI is InChI=1S/C18H28N4O2.2ClH/c23-18(11-16-14-24-10-7-19-16)21-13-15-5-6-17(20-12-15)22-8-3-1-2-4-9-22;;/h5-6,12,16,19H,1-4,7-11,13-14H2,(H,21,23);2*1H. The maximum absolute atomic E-state index is 12.0. The van der Waals surface area contributed by atoms with Crippen LogP contribution in [-0.4, -0.2) is 49.8 Å². The molecule has 1 unspecified atom stereocenters. The van der Waals surface area contributed by atoms with Gasteiger partial charge in [0.15, 0.2) is 0 Å². The lowest BCUT2D eigenvalue weighted by Crippen LogP contribution is -2.44. The Balaban J connectivity index is 0.00000169. The monoisotopic (exact) mass is 404 g/mol. The van der Waals surface area contributed by atoms with Gasteiger partial charge in [-0.2, -0.15) is 0 Å². The first kappa shape index (κ1) is 23.0. The molecule has 6 nitrogen and oxygen atoms in total. The topological polar surface area (TPSA) is 66.5 Å². The average molecular weight is 405 g/mol. The maximum atomic E-state index is 12.0. The average Bonchev–Trinajstić information content (AvgIpc) is 2.91. The molecule has 2 fully saturated rings. The van der Waals surface area contributed by atoms with Crippen LogP contribution in [0.25, 0.3) is 0 Å². The molecular weight excluding hydrogens is 375 g/mol. The number of carbonyl (C=O) groups excluding carboxylic acids is 1. The highest BCUT2D eigenvalue weighted by Crippen LogP contribution is 2.17. The Kier molecular flexibility index (Phi) is 10.9. The van der Waals surface area contributed by atoms with Crippen LogP contribution >= 0.6 is 24.8 Å². The highest BCUT2D eigenvalue weighted by Gasteiger charge is 2.16. The number of nitrogens with zero attached hydrogens (tertiary/aromatic N) is 2. The van der Waals surface area contributed by atoms with Crippen LogP contribution in [0, 0.1) is 0 Å². The van der Waals surface area contributed by atoms with Gasteiger partial charge in [-0.3, -0.25) is 4.79 Å². The lowest BCUT2D eigenvalue weighted by Gasteiger charge is -2.23. The third-order valence-corrected chi connectivity index (χ3v) is 4.66. The summed E-state index contributed by atoms with van der Waals surface area (Å²) in [7, 11) is 0. The fourth-order valence-electron chi connectivity index (χ4n) is 3.26. The summed E-state index contributed by atoms with van der Waals surface area (Å²) in [5.74, 6) is 1.10. The van der Waals surface area contributed by atoms with Gasteiger partial charge in [-0.1, -0.05) is 18.9 Å². The van der Waals surface area contributed by atoms with Gasteiger partial charge in [0.25, 0.3) is 0 Å². The van der Waals surface area contributed by atoms with Gasteiger partial charge in [-0.25, -0.2) is 4.98 Å². The minimum atomic E-state index is 0. The molecule has 3 heterocycles. The number of nitrogens with one attached hydrogen (secondary N) is 2. The van der Waals surface area contributed by atoms with Crippen molar-refractivity contribution in [3.8, 4) is 0 Å². The van der Waals surface area contributed by atoms with E-state index < -0.39 is 0 Å². The number of aromatic nitrogens is 1. The summed E-state index contributed by atoms with van der Waals surface area (Å²) in [6, 6.07) is 4.26. The van der Waals surface area contributed by atoms with E-state index in [0.29, 0.717) is 19.6 Å². The number of amides is 1. The molecule has 2 N–H and O–H groups in total. The van der Waals surface area contributed by atoms with E-state index in [1.165, 1.54) is 25.7 Å². The second kappa shape index (κ2) is 12.3. The van der Waals surface area contributed by atoms with Crippen molar-refractivity contribution in [1.82, 2.24) is 15.6 Å². The first-order chi connectivity index (χ1) is 11.8. The number of ether oxygens (including phenoxy) is 1. The minimum absolute atomic E-state index is 0. The molecule has 0 bridgehead atoms. The van der Waals surface area contributed by atoms with Crippen molar-refractivity contribution in [1.29, 1.82) is 0 Å². The van der Waals surface area contributed by atoms with Crippen molar-refractivity contribution in [2.75, 3.05) is 37.7 Å². The maximum Gasteiger partial charge on any atom is 0.221 e. The fourth-order valence-corrected chi connectivity index (χ4v) is 3.26. The summed E-state index contributed by atoms with van der Waals surface area (Å²) < 4.78 is 5.37. The molecule has 0 aliphatic carbocycles. The van der Waals surface area contributed by atoms with Crippen molar-refractivity contribution in [3.63, 3.8) is 0 Å². The van der Waals surface area contributed by atoms with Gasteiger partial charge in [-0.15, -0.1) is 24.8 Å². The first-order valence-electron chi connectivity index (χ1n) is 9.09. The van der Waals surface area contributed by atoms with Crippen LogP contribution in [0.2, 0.25) is 0 Å². The Bertz CT molecular complexity index is 516. The van der Waals surface area contributed by atoms with Crippen molar-refractivity contribution in [2.24, 2.45) is 0 Å². The second-order valence-corrected chi connectivity index (χ2v) is 6.63. The summed E-state index contributed by atoms with van der Waals surface area (Å²) in [5.41, 5.74) is 1.04. The van der Waals surface area contributed by atoms with Gasteiger partial charge in [0.1, 0.15) is 5.82 Å². The zero-order valence-corrected chi connectivity index (χ0v) is 16.7. The van der Waals surface area contributed by atoms with Crippen LogP contribution in [-0.2, 0) is 16.1 Å². The number of hydrogen-bond donors (Lipinski definition) is 2. The Morgan fingerprint density at radius 3 is 2.62 bits per heavy atom. The number of pyridine rings is 1. The largest absolute Gasteiger partial charge is 0.378 e. The number of hydrogen-bond acceptors (Lipinski definition) is 5. The molecule has 0 radical (unpaired) electrons. The first-order valence-corrected chi connectivity index (χ1v) is 9.09. The summed E-state index contributed by atoms with van der Waals surface area (Å²) in [6.07, 6.45) is 7.47. The van der Waals surface area contributed by atoms with Gasteiger partial charge in [0, 0.05) is 44.8 Å². The van der Waals surface area contributed by atoms with Crippen LogP contribution in [0.4, 0.5) is 5.82 Å². The molecule has 8 heteroatoms. The van der Waals surface area contributed by atoms with E-state index in [1.807, 2.05) is 6.20 Å². The quantitative estimate of drug-likeness (QED) is 0.787. The lowest BCUT2D eigenvalue weighted by molar-refractivity contribution is -0.122. The zero-order valence-electron chi connectivity index (χ0n) is 15.1. The summed E-state index contributed by atoms with van der Waals surface area (Å²) >= 11 is 0. The summed E-state index contributed by atoms with van der Waals surface area (Å²) in [4.78, 5) is 18.9. The molecule has 1 atom stereocenters. The van der Waals surface area contributed by atoms with E-state index in [1.54, 1.807) is 0 Å². The Morgan fingerprint density at radius 2 is 2.00 bits per heavy atom. The molecule has 148 valence electrons. The number of anilines is 1. The number of morpholine rings is 1. The molecule has 3 rings (SSSR count). The molecule has 0 saturated carbocycles. The van der Waals surface area contributed by atoms with Crippen molar-refractivity contribution >= 4 is 36.5 Å². The van der Waals surface area contributed by atoms with Crippen molar-refractivity contribution < 1.29 is 9.53 Å². The molecule has 2 aliphatic heterocycles. The minimum Gasteiger partial charge on any atom is -0.378 e. The predicted octanol–water partition coefficient (Wildman–Crippen LogP) is 2.30. The van der Waals surface area contributed by atoms with Crippen LogP contribution < -0.4 is 15.5 Å². The van der Waals surface area contributed by atoms with Gasteiger partial charge in [0.05, 0.1) is 13.2 Å². The molecule has 2 saturated heterocycles. The number of carbonyl (C=O) groups is 1. The van der Waals surface area contributed by atoms with Gasteiger partial charge >= 0.3 is 0 Å². The Morgan fingerprint density at radius 1 is 1.23 bits per heavy atom. The van der Waals surface area contributed by atoms with Crippen LogP contribution in [0.1, 0.15) is 37.7 Å². The van der Waals surface area contributed by atoms with Gasteiger partial charge < -0.3 is 20.3 Å². The van der Waals surface area contributed by atoms with Crippen LogP contribution in [0.5, 0.6) is 0 Å². The lowest BCUT2D eigenvalue weighted by atomic mass is 10.2. The molecular formula is C18H30Cl2N4O2. The molecule has 1 aromatic heterocycles. The van der Waals surface area contributed by atoms with Crippen molar-refractivity contribution in [3.05, 3.63) is 23.9 Å². The smallest absolute Gasteiger partial charge is 0.221 e. The molecule has 26 heavy (non-hydrogen) atoms.